The van der Waals surface area contributed by atoms with Crippen molar-refractivity contribution in [2.75, 3.05) is 6.61 Å². The summed E-state index contributed by atoms with van der Waals surface area (Å²) in [4.78, 5) is 23.5. The molecular formula is C20H21F3N2O5. The molecule has 2 heterocycles. The lowest BCUT2D eigenvalue weighted by Gasteiger charge is -2.15. The highest BCUT2D eigenvalue weighted by molar-refractivity contribution is 5.85. The van der Waals surface area contributed by atoms with E-state index in [9.17, 15) is 27.9 Å². The van der Waals surface area contributed by atoms with Crippen LogP contribution in [-0.4, -0.2) is 20.8 Å². The number of aromatic hydroxyl groups is 1. The van der Waals surface area contributed by atoms with Crippen LogP contribution in [0.2, 0.25) is 0 Å². The highest BCUT2D eigenvalue weighted by atomic mass is 19.4. The first-order valence-corrected chi connectivity index (χ1v) is 9.38. The third-order valence-corrected chi connectivity index (χ3v) is 4.78. The molecular weight excluding hydrogens is 405 g/mol. The molecule has 0 aliphatic carbocycles. The van der Waals surface area contributed by atoms with E-state index >= 15 is 0 Å². The van der Waals surface area contributed by atoms with Gasteiger partial charge in [0.15, 0.2) is 0 Å². The maximum absolute atomic E-state index is 13.3. The van der Waals surface area contributed by atoms with Crippen molar-refractivity contribution in [1.82, 2.24) is 9.13 Å². The lowest BCUT2D eigenvalue weighted by molar-refractivity contribution is -0.136. The molecule has 7 nitrogen and oxygen atoms in total. The zero-order valence-electron chi connectivity index (χ0n) is 16.5. The molecule has 30 heavy (non-hydrogen) atoms. The summed E-state index contributed by atoms with van der Waals surface area (Å²) in [5, 5.41) is 9.52. The van der Waals surface area contributed by atoms with Crippen LogP contribution in [0.25, 0.3) is 11.0 Å². The number of halogens is 3. The average molecular weight is 426 g/mol. The Balaban J connectivity index is 1.75. The number of alkyl halides is 3. The van der Waals surface area contributed by atoms with Gasteiger partial charge in [-0.3, -0.25) is 9.13 Å². The topological polar surface area (TPSA) is 86.6 Å². The van der Waals surface area contributed by atoms with Crippen molar-refractivity contribution < 1.29 is 27.4 Å². The van der Waals surface area contributed by atoms with Gasteiger partial charge in [-0.05, 0) is 31.4 Å². The monoisotopic (exact) mass is 426 g/mol. The molecule has 2 aromatic heterocycles. The molecule has 3 aromatic rings. The van der Waals surface area contributed by atoms with Gasteiger partial charge in [0.05, 0.1) is 18.4 Å². The van der Waals surface area contributed by atoms with Crippen LogP contribution in [-0.2, 0) is 26.2 Å². The van der Waals surface area contributed by atoms with E-state index in [4.69, 9.17) is 9.15 Å². The minimum absolute atomic E-state index is 0.123. The summed E-state index contributed by atoms with van der Waals surface area (Å²) in [6.45, 7) is 2.27. The van der Waals surface area contributed by atoms with E-state index in [2.05, 4.69) is 0 Å². The maximum Gasteiger partial charge on any atom is 0.417 e. The highest BCUT2D eigenvalue weighted by Gasteiger charge is 2.34. The Morgan fingerprint density at radius 1 is 1.20 bits per heavy atom. The molecule has 0 atom stereocenters. The van der Waals surface area contributed by atoms with E-state index in [-0.39, 0.29) is 29.1 Å². The minimum Gasteiger partial charge on any atom is -0.493 e. The first-order valence-electron chi connectivity index (χ1n) is 9.38. The van der Waals surface area contributed by atoms with Crippen molar-refractivity contribution in [3.05, 3.63) is 56.4 Å². The van der Waals surface area contributed by atoms with Crippen LogP contribution in [0.1, 0.15) is 30.9 Å². The third kappa shape index (κ3) is 4.22. The van der Waals surface area contributed by atoms with E-state index in [1.165, 1.54) is 34.5 Å². The summed E-state index contributed by atoms with van der Waals surface area (Å²) in [5.41, 5.74) is -2.19. The molecule has 0 saturated heterocycles. The number of fused-ring (bicyclic) bond motifs is 1. The zero-order chi connectivity index (χ0) is 22.1. The van der Waals surface area contributed by atoms with Gasteiger partial charge in [0.1, 0.15) is 11.3 Å². The van der Waals surface area contributed by atoms with Gasteiger partial charge in [-0.1, -0.05) is 6.92 Å². The van der Waals surface area contributed by atoms with Gasteiger partial charge in [-0.2, -0.15) is 13.2 Å². The molecule has 0 radical (unpaired) electrons. The van der Waals surface area contributed by atoms with Gasteiger partial charge >= 0.3 is 17.5 Å². The van der Waals surface area contributed by atoms with Crippen LogP contribution in [0.4, 0.5) is 13.2 Å². The molecule has 0 amide bonds. The van der Waals surface area contributed by atoms with Crippen LogP contribution < -0.4 is 16.1 Å². The molecule has 0 bridgehead atoms. The Kier molecular flexibility index (Phi) is 5.95. The van der Waals surface area contributed by atoms with Crippen molar-refractivity contribution in [3.63, 3.8) is 0 Å². The van der Waals surface area contributed by atoms with E-state index in [0.717, 1.165) is 0 Å². The third-order valence-electron chi connectivity index (χ3n) is 4.78. The molecule has 0 aliphatic heterocycles. The van der Waals surface area contributed by atoms with Gasteiger partial charge in [-0.15, -0.1) is 0 Å². The van der Waals surface area contributed by atoms with Crippen LogP contribution in [0.15, 0.2) is 38.4 Å². The van der Waals surface area contributed by atoms with E-state index < -0.39 is 17.4 Å². The summed E-state index contributed by atoms with van der Waals surface area (Å²) in [6.07, 6.45) is -1.97. The fraction of sp³-hybridized carbons (Fsp3) is 0.400. The van der Waals surface area contributed by atoms with Gasteiger partial charge in [-0.25, -0.2) is 9.59 Å². The molecule has 3 rings (SSSR count). The Bertz CT molecular complexity index is 1170. The number of nitrogens with zero attached hydrogens (tertiary/aromatic N) is 2. The highest BCUT2D eigenvalue weighted by Crippen LogP contribution is 2.37. The Labute approximate surface area is 168 Å². The van der Waals surface area contributed by atoms with Crippen LogP contribution in [0.5, 0.6) is 11.6 Å². The summed E-state index contributed by atoms with van der Waals surface area (Å²) < 4.78 is 53.1. The number of hydrogen-bond acceptors (Lipinski definition) is 5. The first kappa shape index (κ1) is 21.5. The molecule has 0 unspecified atom stereocenters. The van der Waals surface area contributed by atoms with Crippen LogP contribution in [0, 0.1) is 0 Å². The number of aryl methyl sites for hydroxylation is 2. The fourth-order valence-electron chi connectivity index (χ4n) is 3.32. The smallest absolute Gasteiger partial charge is 0.417 e. The summed E-state index contributed by atoms with van der Waals surface area (Å²) >= 11 is 0. The second-order valence-corrected chi connectivity index (χ2v) is 6.84. The van der Waals surface area contributed by atoms with Crippen LogP contribution in [0.3, 0.4) is 0 Å². The second-order valence-electron chi connectivity index (χ2n) is 6.84. The molecule has 10 heteroatoms. The van der Waals surface area contributed by atoms with Crippen molar-refractivity contribution in [2.24, 2.45) is 7.05 Å². The fourth-order valence-corrected chi connectivity index (χ4v) is 3.32. The Morgan fingerprint density at radius 3 is 2.53 bits per heavy atom. The van der Waals surface area contributed by atoms with Gasteiger partial charge in [0.25, 0.3) is 0 Å². The SMILES string of the molecule is CCc1c(OCCCCn2c(O)cn(C)c2=O)ccc2c(C(F)(F)F)cc(=O)oc12. The molecule has 162 valence electrons. The quantitative estimate of drug-likeness (QED) is 0.462. The lowest BCUT2D eigenvalue weighted by Crippen LogP contribution is -2.22. The van der Waals surface area contributed by atoms with Gasteiger partial charge < -0.3 is 14.3 Å². The number of imidazole rings is 1. The summed E-state index contributed by atoms with van der Waals surface area (Å²) in [7, 11) is 1.54. The zero-order valence-corrected chi connectivity index (χ0v) is 16.5. The number of ether oxygens (including phenoxy) is 1. The molecule has 1 aromatic carbocycles. The number of rotatable bonds is 7. The first-order chi connectivity index (χ1) is 14.1. The Morgan fingerprint density at radius 2 is 1.93 bits per heavy atom. The van der Waals surface area contributed by atoms with Crippen molar-refractivity contribution >= 4 is 11.0 Å². The molecule has 0 spiro atoms. The normalized spacial score (nSPS) is 11.9. The van der Waals surface area contributed by atoms with E-state index in [1.54, 1.807) is 6.92 Å². The minimum atomic E-state index is -4.68. The lowest BCUT2D eigenvalue weighted by atomic mass is 10.0. The largest absolute Gasteiger partial charge is 0.493 e. The van der Waals surface area contributed by atoms with Crippen LogP contribution >= 0.6 is 0 Å². The predicted octanol–water partition coefficient (Wildman–Crippen LogP) is 3.44. The standard InChI is InChI=1S/C20H21F3N2O5/c1-3-12-15(29-9-5-4-8-25-16(26)11-24(2)19(25)28)7-6-13-14(20(21,22)23)10-17(27)30-18(12)13/h6-7,10-11,26H,3-5,8-9H2,1-2H3. The van der Waals surface area contributed by atoms with E-state index in [0.29, 0.717) is 43.2 Å². The predicted molar refractivity (Wildman–Crippen MR) is 103 cm³/mol. The maximum atomic E-state index is 13.3. The molecule has 0 aliphatic rings. The van der Waals surface area contributed by atoms with Gasteiger partial charge in [0.2, 0.25) is 5.88 Å². The number of benzene rings is 1. The molecule has 1 N–H and O–H groups in total. The molecule has 0 saturated carbocycles. The molecule has 0 fully saturated rings. The summed E-state index contributed by atoms with van der Waals surface area (Å²) in [6, 6.07) is 3.12. The van der Waals surface area contributed by atoms with Crippen molar-refractivity contribution in [2.45, 2.75) is 38.9 Å². The van der Waals surface area contributed by atoms with Gasteiger partial charge in [0, 0.05) is 30.6 Å². The second kappa shape index (κ2) is 8.29. The van der Waals surface area contributed by atoms with Crippen molar-refractivity contribution in [1.29, 1.82) is 0 Å². The number of unbranched alkanes of at least 4 members (excludes halogenated alkanes) is 1. The number of hydrogen-bond donors (Lipinski definition) is 1. The average Bonchev–Trinajstić information content (AvgIpc) is 2.91. The Hall–Kier alpha value is -3.17. The number of aromatic nitrogens is 2. The van der Waals surface area contributed by atoms with Crippen molar-refractivity contribution in [3.8, 4) is 11.6 Å². The summed E-state index contributed by atoms with van der Waals surface area (Å²) in [5.74, 6) is 0.217. The van der Waals surface area contributed by atoms with E-state index in [1.807, 2.05) is 0 Å².